The quantitative estimate of drug-likeness (QED) is 0.292. The fourth-order valence-corrected chi connectivity index (χ4v) is 3.46. The molecule has 1 N–H and O–H groups in total. The monoisotopic (exact) mass is 439 g/mol. The van der Waals surface area contributed by atoms with E-state index in [-0.39, 0.29) is 17.9 Å². The summed E-state index contributed by atoms with van der Waals surface area (Å²) in [4.78, 5) is 0. The van der Waals surface area contributed by atoms with Gasteiger partial charge < -0.3 is 0 Å². The van der Waals surface area contributed by atoms with Gasteiger partial charge in [-0.1, -0.05) is 78.9 Å². The van der Waals surface area contributed by atoms with E-state index in [1.807, 2.05) is 43.3 Å². The standard InChI is InChI=1S/C27H25F4N/c1-18(2)26(21-7-5-4-6-8-21)32-25(22-12-15-24(28)19(3)17-22)16-11-20-9-13-23(14-10-20)27(29,30)31/h4-17,25-26,32H,1H2,2-3H3/b16-11+/t25-,26-/m0/s1. The fraction of sp³-hybridized carbons (Fsp3) is 0.185. The predicted molar refractivity (Wildman–Crippen MR) is 121 cm³/mol. The van der Waals surface area contributed by atoms with Crippen LogP contribution in [0.1, 0.15) is 46.8 Å². The Balaban J connectivity index is 1.94. The predicted octanol–water partition coefficient (Wildman–Crippen LogP) is 7.81. The highest BCUT2D eigenvalue weighted by molar-refractivity contribution is 5.52. The lowest BCUT2D eigenvalue weighted by Gasteiger charge is -2.25. The molecule has 3 aromatic carbocycles. The van der Waals surface area contributed by atoms with Crippen LogP contribution in [-0.2, 0) is 6.18 Å². The van der Waals surface area contributed by atoms with Gasteiger partial charge in [0.2, 0.25) is 0 Å². The zero-order valence-corrected chi connectivity index (χ0v) is 18.0. The number of halogens is 4. The van der Waals surface area contributed by atoms with Crippen LogP contribution in [-0.4, -0.2) is 0 Å². The van der Waals surface area contributed by atoms with Crippen LogP contribution in [0.15, 0.2) is 91.0 Å². The van der Waals surface area contributed by atoms with Gasteiger partial charge in [0, 0.05) is 0 Å². The first kappa shape index (κ1) is 23.5. The summed E-state index contributed by atoms with van der Waals surface area (Å²) in [7, 11) is 0. The zero-order chi connectivity index (χ0) is 23.3. The normalized spacial score (nSPS) is 13.8. The average molecular weight is 439 g/mol. The summed E-state index contributed by atoms with van der Waals surface area (Å²) < 4.78 is 52.4. The molecule has 0 bridgehead atoms. The van der Waals surface area contributed by atoms with Gasteiger partial charge in [0.05, 0.1) is 17.6 Å². The number of benzene rings is 3. The smallest absolute Gasteiger partial charge is 0.296 e. The molecular formula is C27H25F4N. The molecule has 5 heteroatoms. The van der Waals surface area contributed by atoms with Crippen molar-refractivity contribution >= 4 is 6.08 Å². The number of alkyl halides is 3. The molecule has 0 heterocycles. The second-order valence-electron chi connectivity index (χ2n) is 7.82. The lowest BCUT2D eigenvalue weighted by Crippen LogP contribution is -2.26. The fourth-order valence-electron chi connectivity index (χ4n) is 3.46. The third-order valence-corrected chi connectivity index (χ3v) is 5.23. The van der Waals surface area contributed by atoms with E-state index in [1.165, 1.54) is 18.2 Å². The minimum absolute atomic E-state index is 0.163. The van der Waals surface area contributed by atoms with Crippen LogP contribution in [0.2, 0.25) is 0 Å². The summed E-state index contributed by atoms with van der Waals surface area (Å²) in [5.41, 5.74) is 3.24. The minimum Gasteiger partial charge on any atom is -0.296 e. The van der Waals surface area contributed by atoms with Crippen LogP contribution in [0.4, 0.5) is 17.6 Å². The topological polar surface area (TPSA) is 12.0 Å². The van der Waals surface area contributed by atoms with Gasteiger partial charge in [-0.3, -0.25) is 5.32 Å². The molecular weight excluding hydrogens is 414 g/mol. The Morgan fingerprint density at radius 2 is 1.59 bits per heavy atom. The lowest BCUT2D eigenvalue weighted by atomic mass is 9.96. The van der Waals surface area contributed by atoms with Gasteiger partial charge in [0.25, 0.3) is 0 Å². The van der Waals surface area contributed by atoms with Crippen molar-refractivity contribution in [1.82, 2.24) is 5.32 Å². The summed E-state index contributed by atoms with van der Waals surface area (Å²) in [6.07, 6.45) is -0.743. The van der Waals surface area contributed by atoms with Crippen LogP contribution in [0.3, 0.4) is 0 Å². The maximum Gasteiger partial charge on any atom is 0.416 e. The number of hydrogen-bond acceptors (Lipinski definition) is 1. The highest BCUT2D eigenvalue weighted by Gasteiger charge is 2.29. The molecule has 1 nitrogen and oxygen atoms in total. The molecule has 0 aliphatic heterocycles. The maximum atomic E-state index is 13.9. The molecule has 3 rings (SSSR count). The summed E-state index contributed by atoms with van der Waals surface area (Å²) in [5, 5.41) is 3.55. The van der Waals surface area contributed by atoms with Crippen molar-refractivity contribution in [2.45, 2.75) is 32.1 Å². The zero-order valence-electron chi connectivity index (χ0n) is 18.0. The Morgan fingerprint density at radius 1 is 0.938 bits per heavy atom. The van der Waals surface area contributed by atoms with E-state index in [4.69, 9.17) is 0 Å². The number of nitrogens with one attached hydrogen (secondary N) is 1. The summed E-state index contributed by atoms with van der Waals surface area (Å²) in [6, 6.07) is 19.2. The summed E-state index contributed by atoms with van der Waals surface area (Å²) >= 11 is 0. The van der Waals surface area contributed by atoms with Gasteiger partial charge in [-0.15, -0.1) is 0 Å². The van der Waals surface area contributed by atoms with Crippen molar-refractivity contribution in [2.24, 2.45) is 0 Å². The maximum absolute atomic E-state index is 13.9. The van der Waals surface area contributed by atoms with E-state index in [0.717, 1.165) is 28.8 Å². The Labute approximate surface area is 186 Å². The minimum atomic E-state index is -4.37. The van der Waals surface area contributed by atoms with Crippen molar-refractivity contribution < 1.29 is 17.6 Å². The van der Waals surface area contributed by atoms with Crippen LogP contribution in [0.5, 0.6) is 0 Å². The van der Waals surface area contributed by atoms with Crippen LogP contribution in [0.25, 0.3) is 6.08 Å². The molecule has 3 aromatic rings. The molecule has 0 aliphatic rings. The van der Waals surface area contributed by atoms with E-state index in [9.17, 15) is 17.6 Å². The van der Waals surface area contributed by atoms with Crippen molar-refractivity contribution in [3.63, 3.8) is 0 Å². The molecule has 0 aromatic heterocycles. The van der Waals surface area contributed by atoms with Gasteiger partial charge in [0.15, 0.2) is 0 Å². The van der Waals surface area contributed by atoms with Crippen LogP contribution in [0, 0.1) is 12.7 Å². The number of rotatable bonds is 7. The van der Waals surface area contributed by atoms with Crippen molar-refractivity contribution in [3.8, 4) is 0 Å². The molecule has 0 unspecified atom stereocenters. The molecule has 0 saturated carbocycles. The van der Waals surface area contributed by atoms with Crippen LogP contribution < -0.4 is 5.32 Å². The summed E-state index contributed by atoms with van der Waals surface area (Å²) in [5.74, 6) is -0.293. The van der Waals surface area contributed by atoms with Gasteiger partial charge in [-0.2, -0.15) is 13.2 Å². The third kappa shape index (κ3) is 5.95. The second kappa shape index (κ2) is 9.96. The third-order valence-electron chi connectivity index (χ3n) is 5.23. The Morgan fingerprint density at radius 3 is 2.16 bits per heavy atom. The second-order valence-corrected chi connectivity index (χ2v) is 7.82. The van der Waals surface area contributed by atoms with Gasteiger partial charge in [0.1, 0.15) is 5.82 Å². The molecule has 32 heavy (non-hydrogen) atoms. The van der Waals surface area contributed by atoms with E-state index in [0.29, 0.717) is 11.1 Å². The Kier molecular flexibility index (Phi) is 7.31. The first-order chi connectivity index (χ1) is 15.1. The molecule has 0 fully saturated rings. The number of aryl methyl sites for hydroxylation is 1. The molecule has 0 amide bonds. The highest BCUT2D eigenvalue weighted by Crippen LogP contribution is 2.30. The van der Waals surface area contributed by atoms with Crippen molar-refractivity contribution in [1.29, 1.82) is 0 Å². The van der Waals surface area contributed by atoms with E-state index in [1.54, 1.807) is 25.1 Å². The largest absolute Gasteiger partial charge is 0.416 e. The van der Waals surface area contributed by atoms with E-state index in [2.05, 4.69) is 11.9 Å². The van der Waals surface area contributed by atoms with E-state index >= 15 is 0 Å². The average Bonchev–Trinajstić information content (AvgIpc) is 2.76. The van der Waals surface area contributed by atoms with Crippen molar-refractivity contribution in [2.75, 3.05) is 0 Å². The molecule has 166 valence electrons. The molecule has 2 atom stereocenters. The van der Waals surface area contributed by atoms with E-state index < -0.39 is 11.7 Å². The molecule has 0 radical (unpaired) electrons. The first-order valence-corrected chi connectivity index (χ1v) is 10.2. The molecule has 0 aliphatic carbocycles. The SMILES string of the molecule is C=C(C)[C@H](N[C@@H](/C=C/c1ccc(C(F)(F)F)cc1)c1ccc(F)c(C)c1)c1ccccc1. The summed E-state index contributed by atoms with van der Waals surface area (Å²) in [6.45, 7) is 7.73. The van der Waals surface area contributed by atoms with Crippen molar-refractivity contribution in [3.05, 3.63) is 125 Å². The highest BCUT2D eigenvalue weighted by atomic mass is 19.4. The number of hydrogen-bond donors (Lipinski definition) is 1. The first-order valence-electron chi connectivity index (χ1n) is 10.2. The molecule has 0 saturated heterocycles. The Hall–Kier alpha value is -3.18. The molecule has 0 spiro atoms. The van der Waals surface area contributed by atoms with Gasteiger partial charge in [-0.25, -0.2) is 4.39 Å². The van der Waals surface area contributed by atoms with Crippen LogP contribution >= 0.6 is 0 Å². The van der Waals surface area contributed by atoms with Gasteiger partial charge in [-0.05, 0) is 54.3 Å². The Bertz CT molecular complexity index is 1080. The lowest BCUT2D eigenvalue weighted by molar-refractivity contribution is -0.137. The van der Waals surface area contributed by atoms with Gasteiger partial charge >= 0.3 is 6.18 Å².